The van der Waals surface area contributed by atoms with Gasteiger partial charge in [-0.2, -0.15) is 0 Å². The van der Waals surface area contributed by atoms with Crippen molar-refractivity contribution in [2.45, 2.75) is 78.4 Å². The van der Waals surface area contributed by atoms with Crippen molar-refractivity contribution >= 4 is 58.1 Å². The van der Waals surface area contributed by atoms with Gasteiger partial charge < -0.3 is 20.1 Å². The summed E-state index contributed by atoms with van der Waals surface area (Å²) in [6.07, 6.45) is -1.19. The summed E-state index contributed by atoms with van der Waals surface area (Å²) in [5.41, 5.74) is -2.08. The van der Waals surface area contributed by atoms with E-state index in [1.165, 1.54) is 24.3 Å². The molecule has 0 spiro atoms. The van der Waals surface area contributed by atoms with E-state index >= 15 is 0 Å². The van der Waals surface area contributed by atoms with Crippen LogP contribution in [0.5, 0.6) is 0 Å². The van der Waals surface area contributed by atoms with Crippen LogP contribution < -0.4 is 21.3 Å². The number of nitrogens with zero attached hydrogens (tertiary/aromatic N) is 2. The number of hydrogen-bond donors (Lipinski definition) is 4. The molecule has 16 heteroatoms. The molecule has 238 valence electrons. The first-order valence-electron chi connectivity index (χ1n) is 13.5. The molecule has 2 rings (SSSR count). The summed E-state index contributed by atoms with van der Waals surface area (Å²) in [5, 5.41) is 32.4. The summed E-state index contributed by atoms with van der Waals surface area (Å²) in [7, 11) is 0. The van der Waals surface area contributed by atoms with Crippen molar-refractivity contribution in [2.75, 3.05) is 21.3 Å². The number of carbonyl (C=O) groups is 4. The van der Waals surface area contributed by atoms with Crippen molar-refractivity contribution in [3.8, 4) is 0 Å². The molecular weight excluding hydrogens is 580 g/mol. The normalized spacial score (nSPS) is 11.1. The smallest absolute Gasteiger partial charge is 0.412 e. The molecule has 0 heterocycles. The molecular formula is C28H36N6O10. The Kier molecular flexibility index (Phi) is 11.7. The second-order valence-corrected chi connectivity index (χ2v) is 11.5. The Morgan fingerprint density at radius 3 is 1.25 bits per heavy atom. The van der Waals surface area contributed by atoms with E-state index in [-0.39, 0.29) is 59.8 Å². The molecule has 16 nitrogen and oxygen atoms in total. The number of nitro groups is 2. The minimum absolute atomic E-state index is 0.0148. The van der Waals surface area contributed by atoms with E-state index in [0.29, 0.717) is 0 Å². The number of nitrogens with one attached hydrogen (secondary N) is 4. The van der Waals surface area contributed by atoms with Gasteiger partial charge in [0.15, 0.2) is 0 Å². The van der Waals surface area contributed by atoms with E-state index in [2.05, 4.69) is 21.3 Å². The topological polar surface area (TPSA) is 221 Å². The molecule has 44 heavy (non-hydrogen) atoms. The summed E-state index contributed by atoms with van der Waals surface area (Å²) in [5.74, 6) is -0.934. The van der Waals surface area contributed by atoms with Crippen LogP contribution in [-0.4, -0.2) is 45.0 Å². The van der Waals surface area contributed by atoms with Crippen molar-refractivity contribution < 1.29 is 38.5 Å². The Balaban J connectivity index is 1.98. The lowest BCUT2D eigenvalue weighted by molar-refractivity contribution is -0.385. The van der Waals surface area contributed by atoms with Crippen LogP contribution in [0.4, 0.5) is 43.7 Å². The molecule has 0 aromatic heterocycles. The standard InChI is InChI=1S/C28H36N6O10/c1-27(2,3)43-25(37)31-21-15-17(33(39)40)11-13-19(21)29-23(35)9-7-8-10-24(36)30-20-14-12-18(34(41)42)16-22(20)32-26(38)44-28(4,5)6/h11-16H,7-10H2,1-6H3,(H,29,35)(H,30,36)(H,31,37)(H,32,38). The number of amides is 4. The Bertz CT molecular complexity index is 1320. The van der Waals surface area contributed by atoms with Crippen molar-refractivity contribution in [3.05, 3.63) is 56.6 Å². The number of nitro benzene ring substituents is 2. The van der Waals surface area contributed by atoms with E-state index in [0.717, 1.165) is 12.1 Å². The number of benzene rings is 2. The molecule has 0 aliphatic rings. The molecule has 4 N–H and O–H groups in total. The summed E-state index contributed by atoms with van der Waals surface area (Å²) < 4.78 is 10.4. The van der Waals surface area contributed by atoms with Gasteiger partial charge >= 0.3 is 12.2 Å². The first-order chi connectivity index (χ1) is 20.3. The maximum absolute atomic E-state index is 12.6. The van der Waals surface area contributed by atoms with Gasteiger partial charge in [-0.25, -0.2) is 9.59 Å². The van der Waals surface area contributed by atoms with Crippen LogP contribution in [0.3, 0.4) is 0 Å². The van der Waals surface area contributed by atoms with Crippen LogP contribution >= 0.6 is 0 Å². The molecule has 0 saturated carbocycles. The summed E-state index contributed by atoms with van der Waals surface area (Å²) >= 11 is 0. The minimum atomic E-state index is -0.864. The number of ether oxygens (including phenoxy) is 2. The fourth-order valence-electron chi connectivity index (χ4n) is 3.54. The van der Waals surface area contributed by atoms with Crippen LogP contribution in [0.2, 0.25) is 0 Å². The molecule has 0 fully saturated rings. The highest BCUT2D eigenvalue weighted by Crippen LogP contribution is 2.29. The van der Waals surface area contributed by atoms with Gasteiger partial charge in [-0.05, 0) is 66.5 Å². The average molecular weight is 617 g/mol. The summed E-state index contributed by atoms with van der Waals surface area (Å²) in [6, 6.07) is 7.09. The van der Waals surface area contributed by atoms with Gasteiger partial charge in [0, 0.05) is 37.1 Å². The van der Waals surface area contributed by atoms with Gasteiger partial charge in [-0.15, -0.1) is 0 Å². The number of unbranched alkanes of at least 4 members (excludes halogenated alkanes) is 1. The highest BCUT2D eigenvalue weighted by molar-refractivity contribution is 5.99. The van der Waals surface area contributed by atoms with Crippen LogP contribution in [0.15, 0.2) is 36.4 Å². The Morgan fingerprint density at radius 2 is 0.955 bits per heavy atom. The Labute approximate surface area is 253 Å². The van der Waals surface area contributed by atoms with Crippen molar-refractivity contribution in [2.24, 2.45) is 0 Å². The van der Waals surface area contributed by atoms with E-state index < -0.39 is 45.0 Å². The molecule has 4 amide bonds. The fraction of sp³-hybridized carbons (Fsp3) is 0.429. The number of non-ortho nitro benzene ring substituents is 2. The SMILES string of the molecule is CC(C)(C)OC(=O)Nc1cc([N+](=O)[O-])ccc1NC(=O)CCCCC(=O)Nc1ccc([N+](=O)[O-])cc1NC(=O)OC(C)(C)C. The number of rotatable bonds is 11. The van der Waals surface area contributed by atoms with Gasteiger partial charge in [0.2, 0.25) is 11.8 Å². The van der Waals surface area contributed by atoms with E-state index in [1.54, 1.807) is 41.5 Å². The molecule has 0 bridgehead atoms. The van der Waals surface area contributed by atoms with Crippen molar-refractivity contribution in [1.29, 1.82) is 0 Å². The summed E-state index contributed by atoms with van der Waals surface area (Å²) in [4.78, 5) is 70.7. The van der Waals surface area contributed by atoms with Crippen molar-refractivity contribution in [1.82, 2.24) is 0 Å². The predicted octanol–water partition coefficient (Wildman–Crippen LogP) is 6.33. The Hall–Kier alpha value is -5.28. The highest BCUT2D eigenvalue weighted by atomic mass is 16.6. The van der Waals surface area contributed by atoms with Gasteiger partial charge in [0.25, 0.3) is 11.4 Å². The van der Waals surface area contributed by atoms with Crippen molar-refractivity contribution in [3.63, 3.8) is 0 Å². The third-order valence-corrected chi connectivity index (χ3v) is 5.31. The molecule has 0 saturated heterocycles. The third kappa shape index (κ3) is 12.3. The maximum atomic E-state index is 12.6. The zero-order chi connectivity index (χ0) is 33.2. The Morgan fingerprint density at radius 1 is 0.614 bits per heavy atom. The number of hydrogen-bond acceptors (Lipinski definition) is 10. The van der Waals surface area contributed by atoms with E-state index in [4.69, 9.17) is 9.47 Å². The van der Waals surface area contributed by atoms with Crippen LogP contribution in [-0.2, 0) is 19.1 Å². The molecule has 0 aliphatic heterocycles. The largest absolute Gasteiger partial charge is 0.444 e. The zero-order valence-corrected chi connectivity index (χ0v) is 25.3. The lowest BCUT2D eigenvalue weighted by Crippen LogP contribution is -2.27. The second kappa shape index (κ2) is 14.8. The quantitative estimate of drug-likeness (QED) is 0.125. The van der Waals surface area contributed by atoms with Gasteiger partial charge in [-0.1, -0.05) is 0 Å². The molecule has 0 aliphatic carbocycles. The molecule has 0 radical (unpaired) electrons. The van der Waals surface area contributed by atoms with E-state index in [1.807, 2.05) is 0 Å². The van der Waals surface area contributed by atoms with E-state index in [9.17, 15) is 39.4 Å². The monoisotopic (exact) mass is 616 g/mol. The lowest BCUT2D eigenvalue weighted by Gasteiger charge is -2.20. The van der Waals surface area contributed by atoms with Crippen LogP contribution in [0.25, 0.3) is 0 Å². The molecule has 2 aromatic carbocycles. The lowest BCUT2D eigenvalue weighted by atomic mass is 10.1. The number of carbonyl (C=O) groups excluding carboxylic acids is 4. The fourth-order valence-corrected chi connectivity index (χ4v) is 3.54. The number of anilines is 4. The van der Waals surface area contributed by atoms with Gasteiger partial charge in [0.1, 0.15) is 11.2 Å². The van der Waals surface area contributed by atoms with Crippen LogP contribution in [0, 0.1) is 20.2 Å². The second-order valence-electron chi connectivity index (χ2n) is 11.5. The molecule has 0 unspecified atom stereocenters. The van der Waals surface area contributed by atoms with Crippen LogP contribution in [0.1, 0.15) is 67.2 Å². The molecule has 2 aromatic rings. The van der Waals surface area contributed by atoms with Gasteiger partial charge in [0.05, 0.1) is 32.6 Å². The maximum Gasteiger partial charge on any atom is 0.412 e. The summed E-state index contributed by atoms with van der Waals surface area (Å²) in [6.45, 7) is 9.89. The minimum Gasteiger partial charge on any atom is -0.444 e. The first kappa shape index (κ1) is 34.9. The van der Waals surface area contributed by atoms with Gasteiger partial charge in [-0.3, -0.25) is 40.5 Å². The third-order valence-electron chi connectivity index (χ3n) is 5.31. The predicted molar refractivity (Wildman–Crippen MR) is 162 cm³/mol. The highest BCUT2D eigenvalue weighted by Gasteiger charge is 2.21. The first-order valence-corrected chi connectivity index (χ1v) is 13.5. The molecule has 0 atom stereocenters. The zero-order valence-electron chi connectivity index (χ0n) is 25.3. The average Bonchev–Trinajstić information content (AvgIpc) is 2.86.